The highest BCUT2D eigenvalue weighted by Crippen LogP contribution is 2.14. The van der Waals surface area contributed by atoms with Crippen LogP contribution in [0.15, 0.2) is 91.4 Å². The Morgan fingerprint density at radius 3 is 1.81 bits per heavy atom. The number of H-pyrrole nitrogens is 1. The maximum absolute atomic E-state index is 13.8. The molecule has 0 bridgehead atoms. The van der Waals surface area contributed by atoms with Crippen molar-refractivity contribution in [3.05, 3.63) is 114 Å². The highest BCUT2D eigenvalue weighted by molar-refractivity contribution is 5.93. The summed E-state index contributed by atoms with van der Waals surface area (Å²) in [5.74, 6) is -1.99. The highest BCUT2D eigenvalue weighted by atomic mass is 16.5. The Hall–Kier alpha value is -5.85. The Morgan fingerprint density at radius 1 is 0.702 bits per heavy atom. The number of nitrogens with one attached hydrogen (secondary N) is 4. The second-order valence-corrected chi connectivity index (χ2v) is 10.7. The third-order valence-electron chi connectivity index (χ3n) is 7.07. The topological polar surface area (TPSA) is 192 Å². The van der Waals surface area contributed by atoms with E-state index in [1.165, 1.54) is 36.8 Å². The Bertz CT molecular complexity index is 1600. The van der Waals surface area contributed by atoms with E-state index in [0.29, 0.717) is 16.8 Å². The molecule has 246 valence electrons. The maximum atomic E-state index is 13.8. The van der Waals surface area contributed by atoms with Crippen LogP contribution in [0, 0.1) is 0 Å². The zero-order valence-electron chi connectivity index (χ0n) is 25.7. The van der Waals surface area contributed by atoms with Gasteiger partial charge in [-0.2, -0.15) is 0 Å². The lowest BCUT2D eigenvalue weighted by molar-refractivity contribution is -0.147. The quantitative estimate of drug-likeness (QED) is 0.106. The van der Waals surface area contributed by atoms with Crippen molar-refractivity contribution in [2.45, 2.75) is 50.9 Å². The minimum atomic E-state index is -1.21. The first-order chi connectivity index (χ1) is 22.7. The number of rotatable bonds is 15. The fourth-order valence-corrected chi connectivity index (χ4v) is 4.66. The van der Waals surface area contributed by atoms with Crippen molar-refractivity contribution in [1.29, 1.82) is 0 Å². The lowest BCUT2D eigenvalue weighted by atomic mass is 10.0. The SMILES string of the molecule is CCOC(=O)C(Cc1ccc(O)cc1)NC(=O)C(Cc1ccc(O)cc1)NC(=O)C(Cc1cnc[nH]1)NC(=O)OCc1ccccc1. The summed E-state index contributed by atoms with van der Waals surface area (Å²) in [7, 11) is 0. The van der Waals surface area contributed by atoms with Crippen molar-refractivity contribution in [2.24, 2.45) is 0 Å². The van der Waals surface area contributed by atoms with E-state index in [4.69, 9.17) is 9.47 Å². The summed E-state index contributed by atoms with van der Waals surface area (Å²) < 4.78 is 10.5. The molecule has 1 aromatic heterocycles. The first-order valence-corrected chi connectivity index (χ1v) is 15.0. The Balaban J connectivity index is 1.53. The van der Waals surface area contributed by atoms with Gasteiger partial charge in [-0.05, 0) is 47.9 Å². The number of nitrogens with zero attached hydrogens (tertiary/aromatic N) is 1. The molecule has 13 heteroatoms. The van der Waals surface area contributed by atoms with Crippen molar-refractivity contribution >= 4 is 23.9 Å². The number of carbonyl (C=O) groups excluding carboxylic acids is 4. The molecule has 0 saturated carbocycles. The van der Waals surface area contributed by atoms with Gasteiger partial charge in [0.15, 0.2) is 0 Å². The third-order valence-corrected chi connectivity index (χ3v) is 7.07. The van der Waals surface area contributed by atoms with E-state index in [1.807, 2.05) is 18.2 Å². The number of imidazole rings is 1. The molecule has 0 radical (unpaired) electrons. The zero-order chi connectivity index (χ0) is 33.6. The van der Waals surface area contributed by atoms with Gasteiger partial charge >= 0.3 is 12.1 Å². The molecule has 0 saturated heterocycles. The molecule has 3 unspecified atom stereocenters. The molecule has 3 atom stereocenters. The molecule has 0 spiro atoms. The van der Waals surface area contributed by atoms with Gasteiger partial charge in [0.05, 0.1) is 12.9 Å². The zero-order valence-corrected chi connectivity index (χ0v) is 25.7. The van der Waals surface area contributed by atoms with E-state index in [0.717, 1.165) is 5.56 Å². The normalized spacial score (nSPS) is 12.6. The number of carbonyl (C=O) groups is 4. The number of aromatic amines is 1. The molecule has 1 heterocycles. The van der Waals surface area contributed by atoms with E-state index < -0.39 is 42.0 Å². The first kappa shape index (κ1) is 34.0. The maximum Gasteiger partial charge on any atom is 0.408 e. The number of hydrogen-bond donors (Lipinski definition) is 6. The van der Waals surface area contributed by atoms with Crippen LogP contribution in [0.5, 0.6) is 11.5 Å². The lowest BCUT2D eigenvalue weighted by Crippen LogP contribution is -2.57. The average molecular weight is 644 g/mol. The summed E-state index contributed by atoms with van der Waals surface area (Å²) in [5.41, 5.74) is 2.56. The molecule has 3 amide bonds. The van der Waals surface area contributed by atoms with Crippen LogP contribution < -0.4 is 16.0 Å². The van der Waals surface area contributed by atoms with E-state index >= 15 is 0 Å². The minimum absolute atomic E-state index is 0.00607. The van der Waals surface area contributed by atoms with Crippen LogP contribution in [-0.2, 0) is 49.7 Å². The van der Waals surface area contributed by atoms with Crippen LogP contribution in [0.3, 0.4) is 0 Å². The van der Waals surface area contributed by atoms with Crippen molar-refractivity contribution in [2.75, 3.05) is 6.61 Å². The lowest BCUT2D eigenvalue weighted by Gasteiger charge is -2.25. The molecule has 4 aromatic rings. The number of ether oxygens (including phenoxy) is 2. The van der Waals surface area contributed by atoms with E-state index in [-0.39, 0.29) is 44.0 Å². The minimum Gasteiger partial charge on any atom is -0.508 e. The summed E-state index contributed by atoms with van der Waals surface area (Å²) in [4.78, 5) is 60.0. The number of alkyl carbamates (subject to hydrolysis) is 1. The van der Waals surface area contributed by atoms with E-state index in [2.05, 4.69) is 25.9 Å². The summed E-state index contributed by atoms with van der Waals surface area (Å²) in [6.45, 7) is 1.70. The van der Waals surface area contributed by atoms with Crippen LogP contribution in [0.4, 0.5) is 4.79 Å². The van der Waals surface area contributed by atoms with Gasteiger partial charge < -0.3 is 40.6 Å². The van der Waals surface area contributed by atoms with Gasteiger partial charge in [-0.15, -0.1) is 0 Å². The number of hydrogen-bond acceptors (Lipinski definition) is 9. The molecule has 4 rings (SSSR count). The molecule has 0 aliphatic rings. The molecule has 0 aliphatic carbocycles. The van der Waals surface area contributed by atoms with Gasteiger partial charge in [0, 0.05) is 31.2 Å². The largest absolute Gasteiger partial charge is 0.508 e. The van der Waals surface area contributed by atoms with Crippen LogP contribution >= 0.6 is 0 Å². The van der Waals surface area contributed by atoms with Crippen molar-refractivity contribution in [3.8, 4) is 11.5 Å². The summed E-state index contributed by atoms with van der Waals surface area (Å²) in [5, 5.41) is 27.4. The molecular formula is C34H37N5O8. The Kier molecular flexibility index (Phi) is 12.3. The second kappa shape index (κ2) is 17.0. The molecular weight excluding hydrogens is 606 g/mol. The number of aromatic hydroxyl groups is 2. The Morgan fingerprint density at radius 2 is 1.26 bits per heavy atom. The molecule has 0 aliphatic heterocycles. The number of phenolic OH excluding ortho intramolecular Hbond substituents is 2. The fourth-order valence-electron chi connectivity index (χ4n) is 4.66. The molecule has 3 aromatic carbocycles. The van der Waals surface area contributed by atoms with E-state index in [1.54, 1.807) is 43.3 Å². The third kappa shape index (κ3) is 10.9. The van der Waals surface area contributed by atoms with Gasteiger partial charge in [0.2, 0.25) is 11.8 Å². The molecule has 0 fully saturated rings. The summed E-state index contributed by atoms with van der Waals surface area (Å²) in [6, 6.07) is 17.8. The second-order valence-electron chi connectivity index (χ2n) is 10.7. The van der Waals surface area contributed by atoms with Gasteiger partial charge in [-0.25, -0.2) is 14.6 Å². The molecule has 47 heavy (non-hydrogen) atoms. The fraction of sp³-hybridized carbons (Fsp3) is 0.265. The average Bonchev–Trinajstić information content (AvgIpc) is 3.58. The number of amides is 3. The predicted molar refractivity (Wildman–Crippen MR) is 170 cm³/mol. The van der Waals surface area contributed by atoms with E-state index in [9.17, 15) is 29.4 Å². The van der Waals surface area contributed by atoms with Gasteiger partial charge in [-0.3, -0.25) is 9.59 Å². The first-order valence-electron chi connectivity index (χ1n) is 15.0. The standard InChI is InChI=1S/C34H37N5O8/c1-2-46-33(44)30(17-23-10-14-27(41)15-11-23)38-31(42)28(16-22-8-12-26(40)13-9-22)37-32(43)29(18-25-19-35-21-36-25)39-34(45)47-20-24-6-4-3-5-7-24/h3-15,19,21,28-30,40-41H,2,16-18,20H2,1H3,(H,35,36)(H,37,43)(H,38,42)(H,39,45). The van der Waals surface area contributed by atoms with Gasteiger partial charge in [0.25, 0.3) is 0 Å². The van der Waals surface area contributed by atoms with Crippen LogP contribution in [0.1, 0.15) is 29.3 Å². The smallest absolute Gasteiger partial charge is 0.408 e. The highest BCUT2D eigenvalue weighted by Gasteiger charge is 2.31. The predicted octanol–water partition coefficient (Wildman–Crippen LogP) is 2.68. The van der Waals surface area contributed by atoms with Crippen molar-refractivity contribution in [1.82, 2.24) is 25.9 Å². The monoisotopic (exact) mass is 643 g/mol. The van der Waals surface area contributed by atoms with Gasteiger partial charge in [-0.1, -0.05) is 54.6 Å². The van der Waals surface area contributed by atoms with Crippen LogP contribution in [0.2, 0.25) is 0 Å². The van der Waals surface area contributed by atoms with Gasteiger partial charge in [0.1, 0.15) is 36.2 Å². The molecule has 13 nitrogen and oxygen atoms in total. The molecule has 6 N–H and O–H groups in total. The van der Waals surface area contributed by atoms with Crippen molar-refractivity contribution in [3.63, 3.8) is 0 Å². The summed E-state index contributed by atoms with van der Waals surface area (Å²) >= 11 is 0. The number of benzene rings is 3. The Labute approximate surface area is 271 Å². The number of esters is 1. The summed E-state index contributed by atoms with van der Waals surface area (Å²) in [6.07, 6.45) is 2.15. The number of phenols is 2. The number of aromatic nitrogens is 2. The van der Waals surface area contributed by atoms with Crippen LogP contribution in [0.25, 0.3) is 0 Å². The van der Waals surface area contributed by atoms with Crippen molar-refractivity contribution < 1.29 is 38.9 Å². The van der Waals surface area contributed by atoms with Crippen LogP contribution in [-0.4, -0.2) is 68.8 Å².